The van der Waals surface area contributed by atoms with E-state index in [0.717, 1.165) is 33.8 Å². The molecule has 1 N–H and O–H groups in total. The first-order valence-corrected chi connectivity index (χ1v) is 12.4. The Hall–Kier alpha value is -3.23. The zero-order chi connectivity index (χ0) is 22.8. The first kappa shape index (κ1) is 21.6. The highest BCUT2D eigenvalue weighted by Crippen LogP contribution is 2.39. The highest BCUT2D eigenvalue weighted by molar-refractivity contribution is 8.15. The fraction of sp³-hybridized carbons (Fsp3) is 0.200. The maximum absolute atomic E-state index is 12.7. The third-order valence-electron chi connectivity index (χ3n) is 5.53. The summed E-state index contributed by atoms with van der Waals surface area (Å²) in [5.41, 5.74) is 3.93. The summed E-state index contributed by atoms with van der Waals surface area (Å²) in [7, 11) is 0. The monoisotopic (exact) mass is 474 g/mol. The van der Waals surface area contributed by atoms with E-state index in [1.54, 1.807) is 11.3 Å². The van der Waals surface area contributed by atoms with Crippen molar-refractivity contribution in [3.05, 3.63) is 88.1 Å². The van der Waals surface area contributed by atoms with Crippen molar-refractivity contribution in [1.82, 2.24) is 5.01 Å². The number of amidine groups is 1. The molecule has 8 heteroatoms. The van der Waals surface area contributed by atoms with E-state index in [1.165, 1.54) is 11.8 Å². The molecule has 2 aliphatic rings. The second-order valence-corrected chi connectivity index (χ2v) is 10.1. The quantitative estimate of drug-likeness (QED) is 0.549. The van der Waals surface area contributed by atoms with E-state index in [0.29, 0.717) is 5.17 Å². The van der Waals surface area contributed by atoms with E-state index < -0.39 is 5.25 Å². The number of hydrazone groups is 1. The molecule has 166 valence electrons. The van der Waals surface area contributed by atoms with Crippen LogP contribution in [-0.2, 0) is 9.59 Å². The topological polar surface area (TPSA) is 74.1 Å². The smallest absolute Gasteiger partial charge is 0.262 e. The summed E-state index contributed by atoms with van der Waals surface area (Å²) in [6, 6.07) is 21.7. The minimum atomic E-state index is -0.553. The Balaban J connectivity index is 1.32. The number of rotatable bonds is 5. The summed E-state index contributed by atoms with van der Waals surface area (Å²) in [4.78, 5) is 30.6. The molecule has 0 saturated carbocycles. The van der Waals surface area contributed by atoms with Crippen LogP contribution in [0.3, 0.4) is 0 Å². The van der Waals surface area contributed by atoms with E-state index in [9.17, 15) is 9.59 Å². The van der Waals surface area contributed by atoms with E-state index in [-0.39, 0.29) is 24.3 Å². The average Bonchev–Trinajstić information content (AvgIpc) is 3.56. The number of aryl methyl sites for hydroxylation is 1. The lowest BCUT2D eigenvalue weighted by molar-refractivity contribution is -0.121. The number of carbonyl (C=O) groups excluding carboxylic acids is 2. The normalized spacial score (nSPS) is 20.0. The minimum Gasteiger partial charge on any atom is -0.326 e. The van der Waals surface area contributed by atoms with Gasteiger partial charge in [0, 0.05) is 18.5 Å². The molecule has 1 aromatic heterocycles. The predicted molar refractivity (Wildman–Crippen MR) is 135 cm³/mol. The standard InChI is InChI=1S/C25H22N4O2S2/c1-16-9-11-18(12-10-16)26-23(30)15-22-24(31)27-25(33-22)29-20(17-6-3-2-4-7-17)14-19(28-29)21-8-5-13-32-21/h2-13,20,22H,14-15H2,1H3,(H,26,30)/t20-,22-/m1/s1. The van der Waals surface area contributed by atoms with Crippen molar-refractivity contribution in [2.75, 3.05) is 5.32 Å². The lowest BCUT2D eigenvalue weighted by Crippen LogP contribution is -2.25. The summed E-state index contributed by atoms with van der Waals surface area (Å²) in [6.07, 6.45) is 0.798. The van der Waals surface area contributed by atoms with Crippen LogP contribution in [0.1, 0.15) is 34.9 Å². The van der Waals surface area contributed by atoms with Crippen molar-refractivity contribution in [2.45, 2.75) is 31.1 Å². The van der Waals surface area contributed by atoms with Gasteiger partial charge in [0.1, 0.15) is 5.25 Å². The average molecular weight is 475 g/mol. The SMILES string of the molecule is Cc1ccc(NC(=O)C[C@H]2SC(N3N=C(c4cccs4)C[C@@H]3c3ccccc3)=NC2=O)cc1. The number of thioether (sulfide) groups is 1. The van der Waals surface area contributed by atoms with Gasteiger partial charge in [0.2, 0.25) is 5.91 Å². The molecule has 0 aliphatic carbocycles. The zero-order valence-electron chi connectivity index (χ0n) is 18.0. The first-order chi connectivity index (χ1) is 16.1. The van der Waals surface area contributed by atoms with E-state index in [2.05, 4.69) is 28.5 Å². The number of hydrogen-bond donors (Lipinski definition) is 1. The summed E-state index contributed by atoms with van der Waals surface area (Å²) in [5.74, 6) is -0.495. The van der Waals surface area contributed by atoms with Crippen LogP contribution in [0, 0.1) is 6.92 Å². The molecule has 0 saturated heterocycles. The van der Waals surface area contributed by atoms with Crippen molar-refractivity contribution >= 4 is 51.5 Å². The molecule has 2 amide bonds. The van der Waals surface area contributed by atoms with Gasteiger partial charge in [-0.3, -0.25) is 9.59 Å². The van der Waals surface area contributed by atoms with E-state index in [4.69, 9.17) is 5.10 Å². The second-order valence-electron chi connectivity index (χ2n) is 7.96. The van der Waals surface area contributed by atoms with Gasteiger partial charge in [0.05, 0.1) is 16.6 Å². The van der Waals surface area contributed by atoms with Gasteiger partial charge in [-0.1, -0.05) is 65.9 Å². The molecule has 0 spiro atoms. The molecule has 2 atom stereocenters. The molecule has 0 bridgehead atoms. The highest BCUT2D eigenvalue weighted by Gasteiger charge is 2.39. The van der Waals surface area contributed by atoms with Crippen molar-refractivity contribution in [3.8, 4) is 0 Å². The largest absolute Gasteiger partial charge is 0.326 e. The number of anilines is 1. The van der Waals surface area contributed by atoms with Crippen LogP contribution in [0.5, 0.6) is 0 Å². The fourth-order valence-electron chi connectivity index (χ4n) is 3.83. The zero-order valence-corrected chi connectivity index (χ0v) is 19.6. The van der Waals surface area contributed by atoms with Crippen molar-refractivity contribution in [3.63, 3.8) is 0 Å². The van der Waals surface area contributed by atoms with Gasteiger partial charge in [0.15, 0.2) is 5.17 Å². The van der Waals surface area contributed by atoms with Crippen LogP contribution in [0.4, 0.5) is 5.69 Å². The summed E-state index contributed by atoms with van der Waals surface area (Å²) < 4.78 is 0. The minimum absolute atomic E-state index is 0.0394. The van der Waals surface area contributed by atoms with Crippen LogP contribution in [0.15, 0.2) is 82.2 Å². The van der Waals surface area contributed by atoms with Gasteiger partial charge in [-0.15, -0.1) is 11.3 Å². The van der Waals surface area contributed by atoms with Gasteiger partial charge in [-0.2, -0.15) is 10.1 Å². The highest BCUT2D eigenvalue weighted by atomic mass is 32.2. The van der Waals surface area contributed by atoms with Gasteiger partial charge in [-0.25, -0.2) is 5.01 Å². The lowest BCUT2D eigenvalue weighted by Gasteiger charge is -2.23. The molecule has 2 aliphatic heterocycles. The number of thiophene rings is 1. The molecule has 0 unspecified atom stereocenters. The van der Waals surface area contributed by atoms with Gasteiger partial charge in [0.25, 0.3) is 5.91 Å². The Bertz CT molecular complexity index is 1220. The molecule has 33 heavy (non-hydrogen) atoms. The summed E-state index contributed by atoms with van der Waals surface area (Å²) in [6.45, 7) is 1.99. The number of carbonyl (C=O) groups is 2. The maximum atomic E-state index is 12.7. The molecule has 3 heterocycles. The van der Waals surface area contributed by atoms with Gasteiger partial charge in [-0.05, 0) is 36.1 Å². The Morgan fingerprint density at radius 2 is 1.88 bits per heavy atom. The van der Waals surface area contributed by atoms with Crippen molar-refractivity contribution in [1.29, 1.82) is 0 Å². The number of nitrogens with one attached hydrogen (secondary N) is 1. The lowest BCUT2D eigenvalue weighted by atomic mass is 10.0. The fourth-order valence-corrected chi connectivity index (χ4v) is 5.62. The Morgan fingerprint density at radius 1 is 1.09 bits per heavy atom. The molecule has 0 fully saturated rings. The molecule has 0 radical (unpaired) electrons. The van der Waals surface area contributed by atoms with Gasteiger partial charge < -0.3 is 5.32 Å². The molecular weight excluding hydrogens is 452 g/mol. The van der Waals surface area contributed by atoms with Crippen molar-refractivity contribution in [2.24, 2.45) is 10.1 Å². The third-order valence-corrected chi connectivity index (χ3v) is 7.59. The second kappa shape index (κ2) is 9.33. The molecule has 2 aromatic carbocycles. The molecule has 3 aromatic rings. The number of aliphatic imine (C=N–C) groups is 1. The summed E-state index contributed by atoms with van der Waals surface area (Å²) >= 11 is 2.97. The summed E-state index contributed by atoms with van der Waals surface area (Å²) in [5, 5.41) is 11.6. The molecular formula is C25H22N4O2S2. The van der Waals surface area contributed by atoms with Crippen molar-refractivity contribution < 1.29 is 9.59 Å². The number of amides is 2. The molecule has 5 rings (SSSR count). The van der Waals surface area contributed by atoms with E-state index >= 15 is 0 Å². The van der Waals surface area contributed by atoms with Crippen LogP contribution in [-0.4, -0.2) is 33.0 Å². The first-order valence-electron chi connectivity index (χ1n) is 10.7. The third kappa shape index (κ3) is 4.77. The van der Waals surface area contributed by atoms with Crippen LogP contribution >= 0.6 is 23.1 Å². The van der Waals surface area contributed by atoms with E-state index in [1.807, 2.05) is 65.8 Å². The Labute approximate surface area is 200 Å². The number of benzene rings is 2. The maximum Gasteiger partial charge on any atom is 0.262 e. The van der Waals surface area contributed by atoms with Crippen LogP contribution in [0.25, 0.3) is 0 Å². The number of nitrogens with zero attached hydrogens (tertiary/aromatic N) is 3. The molecule has 6 nitrogen and oxygen atoms in total. The van der Waals surface area contributed by atoms with Crippen LogP contribution < -0.4 is 5.32 Å². The Kier molecular flexibility index (Phi) is 6.11. The Morgan fingerprint density at radius 3 is 2.61 bits per heavy atom. The predicted octanol–water partition coefficient (Wildman–Crippen LogP) is 5.23. The number of hydrogen-bond acceptors (Lipinski definition) is 6. The van der Waals surface area contributed by atoms with Gasteiger partial charge >= 0.3 is 0 Å². The van der Waals surface area contributed by atoms with Crippen LogP contribution in [0.2, 0.25) is 0 Å².